The van der Waals surface area contributed by atoms with Crippen molar-refractivity contribution >= 4 is 17.6 Å². The molecule has 1 saturated heterocycles. The van der Waals surface area contributed by atoms with Crippen molar-refractivity contribution in [3.05, 3.63) is 34.4 Å². The Bertz CT molecular complexity index is 597. The molecule has 26 heavy (non-hydrogen) atoms. The lowest BCUT2D eigenvalue weighted by Gasteiger charge is -2.35. The summed E-state index contributed by atoms with van der Waals surface area (Å²) in [5, 5.41) is 25.3. The molecule has 1 aliphatic rings. The number of nitrogens with zero attached hydrogens (tertiary/aromatic N) is 2. The van der Waals surface area contributed by atoms with E-state index in [4.69, 9.17) is 29.3 Å². The van der Waals surface area contributed by atoms with E-state index in [1.165, 1.54) is 12.1 Å². The average molecular weight is 370 g/mol. The molecule has 1 fully saturated rings. The number of aliphatic carboxylic acids is 2. The molecule has 2 unspecified atom stereocenters. The number of benzene rings is 1. The zero-order valence-electron chi connectivity index (χ0n) is 14.5. The van der Waals surface area contributed by atoms with Crippen molar-refractivity contribution in [2.24, 2.45) is 0 Å². The second-order valence-electron chi connectivity index (χ2n) is 5.73. The van der Waals surface area contributed by atoms with Crippen LogP contribution in [-0.2, 0) is 14.3 Å². The zero-order chi connectivity index (χ0) is 19.7. The summed E-state index contributed by atoms with van der Waals surface area (Å²) in [6, 6.07) is 6.16. The second kappa shape index (κ2) is 10.3. The average Bonchev–Trinajstić information content (AvgIpc) is 2.55. The third kappa shape index (κ3) is 7.90. The van der Waals surface area contributed by atoms with Gasteiger partial charge in [0.25, 0.3) is 5.69 Å². The summed E-state index contributed by atoms with van der Waals surface area (Å²) >= 11 is 0. The topological polar surface area (TPSA) is 139 Å². The minimum Gasteiger partial charge on any atom is -0.492 e. The van der Waals surface area contributed by atoms with Gasteiger partial charge in [-0.25, -0.2) is 9.59 Å². The summed E-state index contributed by atoms with van der Waals surface area (Å²) in [6.45, 7) is 7.36. The van der Waals surface area contributed by atoms with Gasteiger partial charge in [0.1, 0.15) is 12.4 Å². The SMILES string of the molecule is CC1CN(CCOc2ccc([N+](=O)[O-])cc2)CC(C)O1.O=C(O)C(=O)O. The zero-order valence-corrected chi connectivity index (χ0v) is 14.5. The van der Waals surface area contributed by atoms with Crippen LogP contribution in [0.3, 0.4) is 0 Å². The van der Waals surface area contributed by atoms with Crippen LogP contribution in [-0.4, -0.2) is 70.4 Å². The molecule has 0 radical (unpaired) electrons. The molecule has 0 aliphatic carbocycles. The highest BCUT2D eigenvalue weighted by molar-refractivity contribution is 6.27. The number of hydrogen-bond donors (Lipinski definition) is 2. The predicted octanol–water partition coefficient (Wildman–Crippen LogP) is 1.24. The molecule has 10 nitrogen and oxygen atoms in total. The van der Waals surface area contributed by atoms with Gasteiger partial charge in [-0.05, 0) is 26.0 Å². The van der Waals surface area contributed by atoms with E-state index in [1.807, 2.05) is 0 Å². The first-order valence-electron chi connectivity index (χ1n) is 7.90. The molecule has 1 aliphatic heterocycles. The summed E-state index contributed by atoms with van der Waals surface area (Å²) in [4.78, 5) is 30.6. The predicted molar refractivity (Wildman–Crippen MR) is 90.3 cm³/mol. The molecule has 0 amide bonds. The Morgan fingerprint density at radius 3 is 2.12 bits per heavy atom. The molecule has 1 aromatic carbocycles. The molecule has 0 bridgehead atoms. The van der Waals surface area contributed by atoms with Crippen molar-refractivity contribution in [1.82, 2.24) is 4.90 Å². The first-order chi connectivity index (χ1) is 12.2. The van der Waals surface area contributed by atoms with Crippen molar-refractivity contribution < 1.29 is 34.2 Å². The number of hydrogen-bond acceptors (Lipinski definition) is 7. The molecule has 144 valence electrons. The number of morpholine rings is 1. The lowest BCUT2D eigenvalue weighted by molar-refractivity contribution is -0.384. The van der Waals surface area contributed by atoms with Crippen LogP contribution in [0, 0.1) is 10.1 Å². The summed E-state index contributed by atoms with van der Waals surface area (Å²) < 4.78 is 11.3. The van der Waals surface area contributed by atoms with Crippen molar-refractivity contribution in [3.8, 4) is 5.75 Å². The Kier molecular flexibility index (Phi) is 8.46. The normalized spacial score (nSPS) is 19.8. The number of carbonyl (C=O) groups is 2. The molecule has 2 N–H and O–H groups in total. The van der Waals surface area contributed by atoms with Gasteiger partial charge >= 0.3 is 11.9 Å². The third-order valence-electron chi connectivity index (χ3n) is 3.40. The largest absolute Gasteiger partial charge is 0.492 e. The molecule has 2 atom stereocenters. The van der Waals surface area contributed by atoms with Gasteiger partial charge < -0.3 is 19.7 Å². The minimum absolute atomic E-state index is 0.0770. The third-order valence-corrected chi connectivity index (χ3v) is 3.40. The van der Waals surface area contributed by atoms with E-state index in [0.29, 0.717) is 12.4 Å². The van der Waals surface area contributed by atoms with Gasteiger partial charge in [-0.3, -0.25) is 15.0 Å². The van der Waals surface area contributed by atoms with Gasteiger partial charge in [-0.1, -0.05) is 0 Å². The maximum Gasteiger partial charge on any atom is 0.414 e. The Hall–Kier alpha value is -2.72. The fraction of sp³-hybridized carbons (Fsp3) is 0.500. The quantitative estimate of drug-likeness (QED) is 0.445. The fourth-order valence-corrected chi connectivity index (χ4v) is 2.42. The van der Waals surface area contributed by atoms with Crippen molar-refractivity contribution in [2.75, 3.05) is 26.2 Å². The molecule has 1 aromatic rings. The Morgan fingerprint density at radius 2 is 1.69 bits per heavy atom. The number of rotatable bonds is 5. The van der Waals surface area contributed by atoms with Gasteiger partial charge in [-0.15, -0.1) is 0 Å². The van der Waals surface area contributed by atoms with Crippen LogP contribution < -0.4 is 4.74 Å². The number of nitro groups is 1. The maximum absolute atomic E-state index is 10.5. The van der Waals surface area contributed by atoms with Gasteiger partial charge in [-0.2, -0.15) is 0 Å². The van der Waals surface area contributed by atoms with Crippen molar-refractivity contribution in [2.45, 2.75) is 26.1 Å². The number of nitro benzene ring substituents is 1. The molecule has 0 aromatic heterocycles. The Morgan fingerprint density at radius 1 is 1.19 bits per heavy atom. The number of carboxylic acid groups (broad SMARTS) is 2. The van der Waals surface area contributed by atoms with Crippen LogP contribution in [0.5, 0.6) is 5.75 Å². The summed E-state index contributed by atoms with van der Waals surface area (Å²) in [6.07, 6.45) is 0.497. The van der Waals surface area contributed by atoms with Gasteiger partial charge in [0.2, 0.25) is 0 Å². The Labute approximate surface area is 150 Å². The van der Waals surface area contributed by atoms with Crippen LogP contribution in [0.1, 0.15) is 13.8 Å². The van der Waals surface area contributed by atoms with E-state index in [2.05, 4.69) is 18.7 Å². The molecule has 0 spiro atoms. The molecule has 0 saturated carbocycles. The molecular formula is C16H22N2O8. The van der Waals surface area contributed by atoms with E-state index >= 15 is 0 Å². The van der Waals surface area contributed by atoms with E-state index in [0.717, 1.165) is 19.6 Å². The van der Waals surface area contributed by atoms with E-state index in [-0.39, 0.29) is 17.9 Å². The van der Waals surface area contributed by atoms with Crippen molar-refractivity contribution in [3.63, 3.8) is 0 Å². The van der Waals surface area contributed by atoms with Crippen LogP contribution in [0.4, 0.5) is 5.69 Å². The molecule has 1 heterocycles. The molecule has 10 heteroatoms. The maximum atomic E-state index is 10.5. The lowest BCUT2D eigenvalue weighted by Crippen LogP contribution is -2.46. The van der Waals surface area contributed by atoms with Gasteiger partial charge in [0, 0.05) is 31.8 Å². The van der Waals surface area contributed by atoms with E-state index in [9.17, 15) is 10.1 Å². The molecular weight excluding hydrogens is 348 g/mol. The van der Waals surface area contributed by atoms with Crippen LogP contribution >= 0.6 is 0 Å². The van der Waals surface area contributed by atoms with Crippen LogP contribution in [0.15, 0.2) is 24.3 Å². The first-order valence-corrected chi connectivity index (χ1v) is 7.90. The number of non-ortho nitro benzene ring substituents is 1. The van der Waals surface area contributed by atoms with Gasteiger partial charge in [0.05, 0.1) is 17.1 Å². The molecule has 2 rings (SSSR count). The smallest absolute Gasteiger partial charge is 0.414 e. The summed E-state index contributed by atoms with van der Waals surface area (Å²) in [7, 11) is 0. The monoisotopic (exact) mass is 370 g/mol. The first kappa shape index (κ1) is 21.3. The standard InChI is InChI=1S/C14H20N2O4.C2H2O4/c1-11-9-15(10-12(2)20-11)7-8-19-14-5-3-13(4-6-14)16(17)18;3-1(4)2(5)6/h3-6,11-12H,7-10H2,1-2H3;(H,3,4)(H,5,6). The highest BCUT2D eigenvalue weighted by Gasteiger charge is 2.21. The van der Waals surface area contributed by atoms with E-state index < -0.39 is 16.9 Å². The van der Waals surface area contributed by atoms with E-state index in [1.54, 1.807) is 12.1 Å². The van der Waals surface area contributed by atoms with Crippen LogP contribution in [0.2, 0.25) is 0 Å². The van der Waals surface area contributed by atoms with Crippen molar-refractivity contribution in [1.29, 1.82) is 0 Å². The van der Waals surface area contributed by atoms with Crippen LogP contribution in [0.25, 0.3) is 0 Å². The summed E-state index contributed by atoms with van der Waals surface area (Å²) in [5.41, 5.74) is 0.0770. The number of carboxylic acids is 2. The lowest BCUT2D eigenvalue weighted by atomic mass is 10.2. The summed E-state index contributed by atoms with van der Waals surface area (Å²) in [5.74, 6) is -2.99. The Balaban J connectivity index is 0.000000487. The minimum atomic E-state index is -1.82. The van der Waals surface area contributed by atoms with Gasteiger partial charge in [0.15, 0.2) is 0 Å². The number of ether oxygens (including phenoxy) is 2. The fourth-order valence-electron chi connectivity index (χ4n) is 2.42. The second-order valence-corrected chi connectivity index (χ2v) is 5.73. The highest BCUT2D eigenvalue weighted by atomic mass is 16.6. The highest BCUT2D eigenvalue weighted by Crippen LogP contribution is 2.17.